The summed E-state index contributed by atoms with van der Waals surface area (Å²) in [5.74, 6) is 0.922. The van der Waals surface area contributed by atoms with E-state index in [4.69, 9.17) is 4.74 Å². The van der Waals surface area contributed by atoms with Gasteiger partial charge >= 0.3 is 0 Å². The van der Waals surface area contributed by atoms with Crippen LogP contribution in [0.15, 0.2) is 0 Å². The number of likely N-dealkylation sites (N-methyl/N-ethyl adjacent to an activating group) is 1. The number of fused-ring (bicyclic) bond motifs is 1. The van der Waals surface area contributed by atoms with Crippen molar-refractivity contribution >= 4 is 5.91 Å². The van der Waals surface area contributed by atoms with Crippen LogP contribution in [-0.2, 0) is 9.53 Å². The molecule has 1 saturated carbocycles. The van der Waals surface area contributed by atoms with Gasteiger partial charge in [0.1, 0.15) is 0 Å². The molecule has 1 saturated heterocycles. The molecule has 98 valence electrons. The lowest BCUT2D eigenvalue weighted by atomic mass is 9.85. The topological polar surface area (TPSA) is 41.6 Å². The highest BCUT2D eigenvalue weighted by Crippen LogP contribution is 2.38. The molecule has 0 radical (unpaired) electrons. The Balaban J connectivity index is 1.86. The monoisotopic (exact) mass is 240 g/mol. The van der Waals surface area contributed by atoms with E-state index in [0.717, 1.165) is 12.3 Å². The van der Waals surface area contributed by atoms with Crippen molar-refractivity contribution in [3.63, 3.8) is 0 Å². The molecule has 2 rings (SSSR count). The molecule has 0 aromatic rings. The second kappa shape index (κ2) is 5.83. The van der Waals surface area contributed by atoms with Gasteiger partial charge in [-0.05, 0) is 32.2 Å². The number of amides is 1. The average Bonchev–Trinajstić information content (AvgIpc) is 2.68. The first-order valence-electron chi connectivity index (χ1n) is 6.72. The highest BCUT2D eigenvalue weighted by molar-refractivity contribution is 5.82. The number of nitrogens with one attached hydrogen (secondary N) is 1. The van der Waals surface area contributed by atoms with E-state index < -0.39 is 0 Å². The number of carbonyl (C=O) groups is 1. The van der Waals surface area contributed by atoms with Crippen LogP contribution in [-0.4, -0.2) is 50.2 Å². The highest BCUT2D eigenvalue weighted by atomic mass is 16.5. The fraction of sp³-hybridized carbons (Fsp3) is 0.923. The Labute approximate surface area is 104 Å². The van der Waals surface area contributed by atoms with E-state index >= 15 is 0 Å². The summed E-state index contributed by atoms with van der Waals surface area (Å²) in [6.07, 6.45) is 6.27. The lowest BCUT2D eigenvalue weighted by Gasteiger charge is -2.30. The first-order valence-corrected chi connectivity index (χ1v) is 6.72. The van der Waals surface area contributed by atoms with Crippen LogP contribution >= 0.6 is 0 Å². The Morgan fingerprint density at radius 2 is 2.18 bits per heavy atom. The summed E-state index contributed by atoms with van der Waals surface area (Å²) in [7, 11) is 3.76. The molecule has 0 aromatic carbocycles. The molecule has 1 amide bonds. The molecule has 3 atom stereocenters. The first kappa shape index (κ1) is 12.8. The maximum atomic E-state index is 12.1. The lowest BCUT2D eigenvalue weighted by Crippen LogP contribution is -2.45. The fourth-order valence-electron chi connectivity index (χ4n) is 3.37. The minimum absolute atomic E-state index is 0.0833. The van der Waals surface area contributed by atoms with Crippen LogP contribution < -0.4 is 5.32 Å². The van der Waals surface area contributed by atoms with Crippen molar-refractivity contribution in [2.45, 2.75) is 44.2 Å². The van der Waals surface area contributed by atoms with Crippen molar-refractivity contribution in [1.29, 1.82) is 0 Å². The molecule has 0 bridgehead atoms. The summed E-state index contributed by atoms with van der Waals surface area (Å²) >= 11 is 0. The van der Waals surface area contributed by atoms with Crippen LogP contribution in [0.3, 0.4) is 0 Å². The predicted molar refractivity (Wildman–Crippen MR) is 66.8 cm³/mol. The summed E-state index contributed by atoms with van der Waals surface area (Å²) < 4.78 is 4.95. The average molecular weight is 240 g/mol. The van der Waals surface area contributed by atoms with Gasteiger partial charge in [0.25, 0.3) is 0 Å². The zero-order valence-electron chi connectivity index (χ0n) is 10.9. The van der Waals surface area contributed by atoms with Gasteiger partial charge in [0.15, 0.2) is 0 Å². The minimum Gasteiger partial charge on any atom is -0.383 e. The van der Waals surface area contributed by atoms with Crippen LogP contribution in [0, 0.1) is 5.92 Å². The molecule has 1 aliphatic heterocycles. The SMILES string of the molecule is COCCNC(=O)C1CC2CCCCC2N1C. The van der Waals surface area contributed by atoms with Gasteiger partial charge in [-0.1, -0.05) is 12.8 Å². The molecular formula is C13H24N2O2. The highest BCUT2D eigenvalue weighted by Gasteiger charge is 2.42. The Morgan fingerprint density at radius 3 is 2.88 bits per heavy atom. The number of hydrogen-bond donors (Lipinski definition) is 1. The van der Waals surface area contributed by atoms with Crippen molar-refractivity contribution in [2.75, 3.05) is 27.3 Å². The van der Waals surface area contributed by atoms with Crippen molar-refractivity contribution in [2.24, 2.45) is 5.92 Å². The van der Waals surface area contributed by atoms with Gasteiger partial charge in [-0.3, -0.25) is 9.69 Å². The van der Waals surface area contributed by atoms with Gasteiger partial charge in [0.05, 0.1) is 12.6 Å². The number of ether oxygens (including phenoxy) is 1. The van der Waals surface area contributed by atoms with Crippen molar-refractivity contribution < 1.29 is 9.53 Å². The molecule has 1 heterocycles. The van der Waals surface area contributed by atoms with Gasteiger partial charge in [-0.15, -0.1) is 0 Å². The quantitative estimate of drug-likeness (QED) is 0.746. The molecule has 17 heavy (non-hydrogen) atoms. The van der Waals surface area contributed by atoms with Crippen LogP contribution in [0.4, 0.5) is 0 Å². The number of carbonyl (C=O) groups excluding carboxylic acids is 1. The fourth-order valence-corrected chi connectivity index (χ4v) is 3.37. The smallest absolute Gasteiger partial charge is 0.237 e. The molecule has 3 unspecified atom stereocenters. The van der Waals surface area contributed by atoms with Gasteiger partial charge in [0, 0.05) is 19.7 Å². The molecule has 4 heteroatoms. The summed E-state index contributed by atoms with van der Waals surface area (Å²) in [6.45, 7) is 1.21. The molecule has 2 aliphatic rings. The van der Waals surface area contributed by atoms with Gasteiger partial charge in [-0.25, -0.2) is 0 Å². The van der Waals surface area contributed by atoms with Crippen LogP contribution in [0.25, 0.3) is 0 Å². The predicted octanol–water partition coefficient (Wildman–Crippen LogP) is 1.01. The second-order valence-electron chi connectivity index (χ2n) is 5.31. The maximum Gasteiger partial charge on any atom is 0.237 e. The van der Waals surface area contributed by atoms with E-state index in [2.05, 4.69) is 17.3 Å². The molecule has 0 spiro atoms. The third-order valence-corrected chi connectivity index (χ3v) is 4.32. The van der Waals surface area contributed by atoms with E-state index in [1.807, 2.05) is 0 Å². The lowest BCUT2D eigenvalue weighted by molar-refractivity contribution is -0.125. The van der Waals surface area contributed by atoms with Crippen molar-refractivity contribution in [3.8, 4) is 0 Å². The number of hydrogen-bond acceptors (Lipinski definition) is 3. The summed E-state index contributed by atoms with van der Waals surface area (Å²) in [5, 5.41) is 2.96. The Hall–Kier alpha value is -0.610. The number of methoxy groups -OCH3 is 1. The Bertz CT molecular complexity index is 270. The summed E-state index contributed by atoms with van der Waals surface area (Å²) in [4.78, 5) is 14.4. The van der Waals surface area contributed by atoms with E-state index in [1.165, 1.54) is 25.7 Å². The van der Waals surface area contributed by atoms with Crippen LogP contribution in [0.2, 0.25) is 0 Å². The minimum atomic E-state index is 0.0833. The zero-order chi connectivity index (χ0) is 12.3. The Morgan fingerprint density at radius 1 is 1.41 bits per heavy atom. The summed E-state index contributed by atoms with van der Waals surface area (Å²) in [6, 6.07) is 0.724. The van der Waals surface area contributed by atoms with Crippen molar-refractivity contribution in [1.82, 2.24) is 10.2 Å². The third kappa shape index (κ3) is 2.80. The maximum absolute atomic E-state index is 12.1. The number of likely N-dealkylation sites (tertiary alicyclic amines) is 1. The molecule has 1 aliphatic carbocycles. The van der Waals surface area contributed by atoms with Gasteiger partial charge in [0.2, 0.25) is 5.91 Å². The third-order valence-electron chi connectivity index (χ3n) is 4.32. The van der Waals surface area contributed by atoms with Gasteiger partial charge < -0.3 is 10.1 Å². The van der Waals surface area contributed by atoms with E-state index in [-0.39, 0.29) is 11.9 Å². The zero-order valence-corrected chi connectivity index (χ0v) is 10.9. The first-order chi connectivity index (χ1) is 8.24. The molecule has 0 aromatic heterocycles. The number of nitrogens with zero attached hydrogens (tertiary/aromatic N) is 1. The molecule has 4 nitrogen and oxygen atoms in total. The molecular weight excluding hydrogens is 216 g/mol. The van der Waals surface area contributed by atoms with Gasteiger partial charge in [-0.2, -0.15) is 0 Å². The van der Waals surface area contributed by atoms with Crippen LogP contribution in [0.1, 0.15) is 32.1 Å². The van der Waals surface area contributed by atoms with E-state index in [0.29, 0.717) is 19.2 Å². The standard InChI is InChI=1S/C13H24N2O2/c1-15-11-6-4-3-5-10(11)9-12(15)13(16)14-7-8-17-2/h10-12H,3-9H2,1-2H3,(H,14,16). The Kier molecular flexibility index (Phi) is 4.40. The summed E-state index contributed by atoms with van der Waals surface area (Å²) in [5.41, 5.74) is 0. The van der Waals surface area contributed by atoms with Crippen molar-refractivity contribution in [3.05, 3.63) is 0 Å². The largest absolute Gasteiger partial charge is 0.383 e. The molecule has 2 fully saturated rings. The number of rotatable bonds is 4. The molecule has 1 N–H and O–H groups in total. The second-order valence-corrected chi connectivity index (χ2v) is 5.31. The normalized spacial score (nSPS) is 33.4. The van der Waals surface area contributed by atoms with E-state index in [9.17, 15) is 4.79 Å². The van der Waals surface area contributed by atoms with E-state index in [1.54, 1.807) is 7.11 Å². The van der Waals surface area contributed by atoms with Crippen LogP contribution in [0.5, 0.6) is 0 Å².